The number of carbonyl (C=O) groups is 1. The van der Waals surface area contributed by atoms with Gasteiger partial charge in [0.25, 0.3) is 0 Å². The van der Waals surface area contributed by atoms with E-state index in [0.29, 0.717) is 5.41 Å². The van der Waals surface area contributed by atoms with Crippen molar-refractivity contribution in [1.82, 2.24) is 0 Å². The lowest BCUT2D eigenvalue weighted by Crippen LogP contribution is -2.53. The van der Waals surface area contributed by atoms with Crippen LogP contribution in [0.3, 0.4) is 0 Å². The molecule has 1 spiro atoms. The van der Waals surface area contributed by atoms with Crippen LogP contribution >= 0.6 is 0 Å². The molecule has 0 heterocycles. The molecular weight excluding hydrogens is 340 g/mol. The number of ketones is 1. The number of unbranched alkanes of at least 4 members (excludes halogenated alkanes) is 4. The van der Waals surface area contributed by atoms with E-state index in [4.69, 9.17) is 5.11 Å². The molecule has 0 amide bonds. The van der Waals surface area contributed by atoms with Crippen molar-refractivity contribution in [2.45, 2.75) is 96.2 Å². The highest BCUT2D eigenvalue weighted by molar-refractivity contribution is 5.84. The van der Waals surface area contributed by atoms with Crippen molar-refractivity contribution in [3.8, 4) is 0 Å². The smallest absolute Gasteiger partial charge is 0.139 e. The van der Waals surface area contributed by atoms with Gasteiger partial charge in [-0.05, 0) is 49.4 Å². The summed E-state index contributed by atoms with van der Waals surface area (Å²) in [6.07, 6.45) is 15.0. The molecule has 27 heavy (non-hydrogen) atoms. The largest absolute Gasteiger partial charge is 0.396 e. The van der Waals surface area contributed by atoms with Crippen LogP contribution in [0.2, 0.25) is 0 Å². The molecule has 0 aromatic rings. The van der Waals surface area contributed by atoms with E-state index in [-0.39, 0.29) is 36.1 Å². The summed E-state index contributed by atoms with van der Waals surface area (Å²) in [4.78, 5) is 12.3. The van der Waals surface area contributed by atoms with Crippen LogP contribution in [-0.4, -0.2) is 39.9 Å². The summed E-state index contributed by atoms with van der Waals surface area (Å²) in [7, 11) is 0. The van der Waals surface area contributed by atoms with Gasteiger partial charge in [-0.2, -0.15) is 0 Å². The average molecular weight is 379 g/mol. The molecular formula is C23H38O4. The molecule has 0 aromatic heterocycles. The third-order valence-corrected chi connectivity index (χ3v) is 7.61. The molecule has 0 aromatic carbocycles. The number of rotatable bonds is 10. The van der Waals surface area contributed by atoms with Crippen molar-refractivity contribution in [3.05, 3.63) is 12.2 Å². The van der Waals surface area contributed by atoms with Crippen molar-refractivity contribution in [2.75, 3.05) is 6.61 Å². The monoisotopic (exact) mass is 378 g/mol. The van der Waals surface area contributed by atoms with E-state index in [9.17, 15) is 15.0 Å². The maximum atomic E-state index is 12.3. The van der Waals surface area contributed by atoms with E-state index in [1.54, 1.807) is 0 Å². The van der Waals surface area contributed by atoms with Crippen LogP contribution in [0.1, 0.15) is 84.0 Å². The van der Waals surface area contributed by atoms with Gasteiger partial charge in [-0.3, -0.25) is 4.79 Å². The lowest BCUT2D eigenvalue weighted by atomic mass is 9.44. The van der Waals surface area contributed by atoms with Gasteiger partial charge in [0.2, 0.25) is 0 Å². The highest BCUT2D eigenvalue weighted by Gasteiger charge is 2.56. The molecule has 0 bridgehead atoms. The first kappa shape index (κ1) is 21.0. The molecule has 0 unspecified atom stereocenters. The predicted molar refractivity (Wildman–Crippen MR) is 106 cm³/mol. The van der Waals surface area contributed by atoms with E-state index >= 15 is 0 Å². The van der Waals surface area contributed by atoms with Crippen molar-refractivity contribution in [3.63, 3.8) is 0 Å². The quantitative estimate of drug-likeness (QED) is 0.399. The van der Waals surface area contributed by atoms with Gasteiger partial charge in [0.05, 0.1) is 12.2 Å². The topological polar surface area (TPSA) is 77.8 Å². The van der Waals surface area contributed by atoms with Crippen LogP contribution in [0.4, 0.5) is 0 Å². The minimum atomic E-state index is -0.604. The zero-order valence-electron chi connectivity index (χ0n) is 16.9. The summed E-state index contributed by atoms with van der Waals surface area (Å²) in [5.74, 6) is -0.0790. The lowest BCUT2D eigenvalue weighted by molar-refractivity contribution is -0.132. The number of aliphatic hydroxyl groups is 3. The van der Waals surface area contributed by atoms with Gasteiger partial charge in [0.1, 0.15) is 5.78 Å². The fourth-order valence-electron chi connectivity index (χ4n) is 5.97. The Morgan fingerprint density at radius 2 is 1.81 bits per heavy atom. The van der Waals surface area contributed by atoms with Crippen molar-refractivity contribution >= 4 is 5.78 Å². The summed E-state index contributed by atoms with van der Waals surface area (Å²) in [5, 5.41) is 29.9. The van der Waals surface area contributed by atoms with Gasteiger partial charge in [-0.25, -0.2) is 0 Å². The van der Waals surface area contributed by atoms with Crippen LogP contribution in [0.5, 0.6) is 0 Å². The number of hydrogen-bond donors (Lipinski definition) is 3. The van der Waals surface area contributed by atoms with Crippen molar-refractivity contribution < 1.29 is 20.1 Å². The van der Waals surface area contributed by atoms with Gasteiger partial charge in [-0.1, -0.05) is 51.2 Å². The Morgan fingerprint density at radius 3 is 2.44 bits per heavy atom. The number of hydrogen-bond acceptors (Lipinski definition) is 4. The van der Waals surface area contributed by atoms with Gasteiger partial charge in [-0.15, -0.1) is 0 Å². The molecule has 4 nitrogen and oxygen atoms in total. The highest BCUT2D eigenvalue weighted by atomic mass is 16.3. The Hall–Kier alpha value is -0.710. The lowest BCUT2D eigenvalue weighted by Gasteiger charge is -2.61. The molecule has 4 atom stereocenters. The summed E-state index contributed by atoms with van der Waals surface area (Å²) in [5.41, 5.74) is 0.484. The molecule has 0 aliphatic heterocycles. The maximum Gasteiger partial charge on any atom is 0.139 e. The van der Waals surface area contributed by atoms with Crippen LogP contribution < -0.4 is 0 Å². The fraction of sp³-hybridized carbons (Fsp3) is 0.870. The van der Waals surface area contributed by atoms with Crippen LogP contribution in [0.25, 0.3) is 0 Å². The Kier molecular flexibility index (Phi) is 6.81. The fourth-order valence-corrected chi connectivity index (χ4v) is 5.97. The number of aliphatic hydroxyl groups excluding tert-OH is 3. The first-order chi connectivity index (χ1) is 12.9. The molecule has 4 heteroatoms. The first-order valence-electron chi connectivity index (χ1n) is 11.1. The molecule has 3 fully saturated rings. The summed E-state index contributed by atoms with van der Waals surface area (Å²) < 4.78 is 0. The Balaban J connectivity index is 1.48. The molecule has 3 rings (SSSR count). The molecule has 3 aliphatic carbocycles. The summed E-state index contributed by atoms with van der Waals surface area (Å²) >= 11 is 0. The van der Waals surface area contributed by atoms with E-state index < -0.39 is 12.2 Å². The minimum absolute atomic E-state index is 0.0350. The van der Waals surface area contributed by atoms with Crippen molar-refractivity contribution in [1.29, 1.82) is 0 Å². The van der Waals surface area contributed by atoms with Crippen molar-refractivity contribution in [2.24, 2.45) is 22.7 Å². The van der Waals surface area contributed by atoms with Gasteiger partial charge in [0.15, 0.2) is 0 Å². The molecule has 3 N–H and O–H groups in total. The Morgan fingerprint density at radius 1 is 1.15 bits per heavy atom. The molecule has 0 radical (unpaired) electrons. The van der Waals surface area contributed by atoms with E-state index in [2.05, 4.69) is 6.92 Å². The molecule has 154 valence electrons. The average Bonchev–Trinajstić information content (AvgIpc) is 2.84. The molecule has 3 saturated carbocycles. The zero-order chi connectivity index (χ0) is 19.5. The van der Waals surface area contributed by atoms with E-state index in [1.165, 1.54) is 19.3 Å². The van der Waals surface area contributed by atoms with Crippen LogP contribution in [0, 0.1) is 22.7 Å². The van der Waals surface area contributed by atoms with Gasteiger partial charge < -0.3 is 15.3 Å². The summed E-state index contributed by atoms with van der Waals surface area (Å²) in [6, 6.07) is 0. The third kappa shape index (κ3) is 4.65. The highest BCUT2D eigenvalue weighted by Crippen LogP contribution is 2.65. The second-order valence-electron chi connectivity index (χ2n) is 9.89. The minimum Gasteiger partial charge on any atom is -0.396 e. The van der Waals surface area contributed by atoms with Crippen LogP contribution in [-0.2, 0) is 4.79 Å². The predicted octanol–water partition coefficient (Wildman–Crippen LogP) is 3.77. The van der Waals surface area contributed by atoms with E-state index in [1.807, 2.05) is 12.2 Å². The van der Waals surface area contributed by atoms with Crippen LogP contribution in [0.15, 0.2) is 12.2 Å². The SMILES string of the molecule is CC1([C@H](O)/C=C/[C@H]2[C@H](O)CC(=O)[C@@H]2CCCCCCCO)CC2(CCC2)C1. The maximum absolute atomic E-state index is 12.3. The second-order valence-corrected chi connectivity index (χ2v) is 9.89. The third-order valence-electron chi connectivity index (χ3n) is 7.61. The molecule has 3 aliphatic rings. The molecule has 0 saturated heterocycles. The number of carbonyl (C=O) groups excluding carboxylic acids is 1. The second kappa shape index (κ2) is 8.75. The standard InChI is InChI=1S/C23H38O4/c1-22(15-23(16-22)11-7-12-23)21(27)10-9-18-17(19(25)14-20(18)26)8-5-3-2-4-6-13-24/h9-10,17-18,20-21,24,26-27H,2-8,11-16H2,1H3/b10-9+/t17-,18-,20-,21-/m1/s1. The van der Waals surface area contributed by atoms with E-state index in [0.717, 1.165) is 51.4 Å². The summed E-state index contributed by atoms with van der Waals surface area (Å²) in [6.45, 7) is 2.42. The zero-order valence-corrected chi connectivity index (χ0v) is 16.9. The normalized spacial score (nSPS) is 32.6. The number of Topliss-reactive ketones (excluding diaryl/α,β-unsaturated/α-hetero) is 1. The van der Waals surface area contributed by atoms with Gasteiger partial charge in [0, 0.05) is 24.9 Å². The van der Waals surface area contributed by atoms with Gasteiger partial charge >= 0.3 is 0 Å². The Bertz CT molecular complexity index is 528. The Labute approximate surface area is 164 Å². The first-order valence-corrected chi connectivity index (χ1v) is 11.1.